The van der Waals surface area contributed by atoms with Gasteiger partial charge in [0.1, 0.15) is 5.75 Å². The van der Waals surface area contributed by atoms with Gasteiger partial charge in [-0.05, 0) is 42.5 Å². The zero-order valence-electron chi connectivity index (χ0n) is 13.3. The molecule has 0 fully saturated rings. The molecule has 1 atom stereocenters. The first-order valence-corrected chi connectivity index (χ1v) is 8.01. The van der Waals surface area contributed by atoms with Crippen molar-refractivity contribution in [2.45, 2.75) is 25.8 Å². The highest BCUT2D eigenvalue weighted by Gasteiger charge is 2.32. The lowest BCUT2D eigenvalue weighted by atomic mass is 9.88. The molecule has 1 amide bonds. The number of amides is 1. The van der Waals surface area contributed by atoms with Crippen molar-refractivity contribution < 1.29 is 19.4 Å². The molecule has 0 spiro atoms. The van der Waals surface area contributed by atoms with Crippen LogP contribution >= 0.6 is 11.3 Å². The number of aliphatic carboxylic acids is 1. The van der Waals surface area contributed by atoms with E-state index in [9.17, 15) is 14.7 Å². The summed E-state index contributed by atoms with van der Waals surface area (Å²) in [5.41, 5.74) is 1.08. The van der Waals surface area contributed by atoms with Crippen LogP contribution in [0.25, 0.3) is 0 Å². The predicted molar refractivity (Wildman–Crippen MR) is 89.1 cm³/mol. The SMILES string of the molecule is COc1cccc(C(C)(CC(=O)O)NC(=O)c2cscc2C)c1. The van der Waals surface area contributed by atoms with E-state index >= 15 is 0 Å². The number of methoxy groups -OCH3 is 1. The summed E-state index contributed by atoms with van der Waals surface area (Å²) in [6, 6.07) is 7.07. The second-order valence-electron chi connectivity index (χ2n) is 5.56. The van der Waals surface area contributed by atoms with Crippen LogP contribution in [0.3, 0.4) is 0 Å². The number of hydrogen-bond acceptors (Lipinski definition) is 4. The molecule has 0 aliphatic heterocycles. The van der Waals surface area contributed by atoms with Crippen LogP contribution in [-0.2, 0) is 10.3 Å². The van der Waals surface area contributed by atoms with Crippen LogP contribution in [0.2, 0.25) is 0 Å². The zero-order chi connectivity index (χ0) is 17.0. The average molecular weight is 333 g/mol. The fraction of sp³-hybridized carbons (Fsp3) is 0.294. The van der Waals surface area contributed by atoms with E-state index in [0.29, 0.717) is 16.9 Å². The van der Waals surface area contributed by atoms with Gasteiger partial charge in [-0.15, -0.1) is 0 Å². The first kappa shape index (κ1) is 17.0. The topological polar surface area (TPSA) is 75.6 Å². The van der Waals surface area contributed by atoms with Gasteiger partial charge in [-0.3, -0.25) is 9.59 Å². The summed E-state index contributed by atoms with van der Waals surface area (Å²) in [5, 5.41) is 15.8. The van der Waals surface area contributed by atoms with Crippen molar-refractivity contribution >= 4 is 23.2 Å². The van der Waals surface area contributed by atoms with Gasteiger partial charge in [0.15, 0.2) is 0 Å². The highest BCUT2D eigenvalue weighted by Crippen LogP contribution is 2.29. The van der Waals surface area contributed by atoms with E-state index < -0.39 is 11.5 Å². The van der Waals surface area contributed by atoms with E-state index in [4.69, 9.17) is 4.74 Å². The molecular formula is C17H19NO4S. The van der Waals surface area contributed by atoms with Crippen molar-refractivity contribution in [3.8, 4) is 5.75 Å². The summed E-state index contributed by atoms with van der Waals surface area (Å²) < 4.78 is 5.19. The van der Waals surface area contributed by atoms with Gasteiger partial charge in [0, 0.05) is 5.38 Å². The highest BCUT2D eigenvalue weighted by atomic mass is 32.1. The number of nitrogens with one attached hydrogen (secondary N) is 1. The third kappa shape index (κ3) is 3.90. The van der Waals surface area contributed by atoms with Crippen molar-refractivity contribution in [3.05, 3.63) is 51.7 Å². The van der Waals surface area contributed by atoms with Crippen molar-refractivity contribution in [2.24, 2.45) is 0 Å². The van der Waals surface area contributed by atoms with E-state index in [0.717, 1.165) is 5.56 Å². The van der Waals surface area contributed by atoms with E-state index in [1.54, 1.807) is 43.7 Å². The number of carbonyl (C=O) groups is 2. The summed E-state index contributed by atoms with van der Waals surface area (Å²) in [4.78, 5) is 23.8. The Bertz CT molecular complexity index is 725. The largest absolute Gasteiger partial charge is 0.497 e. The fourth-order valence-corrected chi connectivity index (χ4v) is 3.23. The molecule has 1 heterocycles. The third-order valence-corrected chi connectivity index (χ3v) is 4.56. The lowest BCUT2D eigenvalue weighted by Gasteiger charge is -2.30. The molecule has 0 saturated carbocycles. The Morgan fingerprint density at radius 3 is 2.65 bits per heavy atom. The average Bonchev–Trinajstić information content (AvgIpc) is 2.92. The van der Waals surface area contributed by atoms with Crippen LogP contribution in [0.1, 0.15) is 34.8 Å². The maximum atomic E-state index is 12.5. The van der Waals surface area contributed by atoms with Gasteiger partial charge in [-0.2, -0.15) is 11.3 Å². The molecule has 2 aromatic rings. The summed E-state index contributed by atoms with van der Waals surface area (Å²) in [6.07, 6.45) is -0.227. The molecule has 0 radical (unpaired) electrons. The van der Waals surface area contributed by atoms with Crippen LogP contribution < -0.4 is 10.1 Å². The quantitative estimate of drug-likeness (QED) is 0.851. The Labute approximate surface area is 138 Å². The number of hydrogen-bond donors (Lipinski definition) is 2. The van der Waals surface area contributed by atoms with Gasteiger partial charge in [0.25, 0.3) is 5.91 Å². The first-order chi connectivity index (χ1) is 10.9. The molecule has 1 aromatic carbocycles. The van der Waals surface area contributed by atoms with Gasteiger partial charge in [-0.1, -0.05) is 12.1 Å². The van der Waals surface area contributed by atoms with Gasteiger partial charge in [0.05, 0.1) is 24.6 Å². The number of ether oxygens (including phenoxy) is 1. The van der Waals surface area contributed by atoms with Crippen molar-refractivity contribution in [2.75, 3.05) is 7.11 Å². The zero-order valence-corrected chi connectivity index (χ0v) is 14.1. The molecule has 5 nitrogen and oxygen atoms in total. The normalized spacial score (nSPS) is 13.2. The molecule has 0 aliphatic carbocycles. The Balaban J connectivity index is 2.37. The molecular weight excluding hydrogens is 314 g/mol. The number of carboxylic acids is 1. The van der Waals surface area contributed by atoms with E-state index in [1.807, 2.05) is 12.3 Å². The van der Waals surface area contributed by atoms with Crippen LogP contribution in [0, 0.1) is 6.92 Å². The molecule has 1 aromatic heterocycles. The summed E-state index contributed by atoms with van der Waals surface area (Å²) in [6.45, 7) is 3.56. The van der Waals surface area contributed by atoms with Gasteiger partial charge < -0.3 is 15.2 Å². The predicted octanol–water partition coefficient (Wildman–Crippen LogP) is 3.19. The van der Waals surface area contributed by atoms with Gasteiger partial charge in [-0.25, -0.2) is 0 Å². The number of carboxylic acid groups (broad SMARTS) is 1. The van der Waals surface area contributed by atoms with Gasteiger partial charge >= 0.3 is 5.97 Å². The van der Waals surface area contributed by atoms with Crippen LogP contribution in [0.15, 0.2) is 35.0 Å². The van der Waals surface area contributed by atoms with Crippen LogP contribution in [0.4, 0.5) is 0 Å². The number of benzene rings is 1. The van der Waals surface area contributed by atoms with Crippen LogP contribution in [0.5, 0.6) is 5.75 Å². The number of thiophene rings is 1. The Hall–Kier alpha value is -2.34. The second kappa shape index (κ2) is 6.83. The first-order valence-electron chi connectivity index (χ1n) is 7.07. The lowest BCUT2D eigenvalue weighted by Crippen LogP contribution is -2.45. The van der Waals surface area contributed by atoms with Crippen molar-refractivity contribution in [1.29, 1.82) is 0 Å². The second-order valence-corrected chi connectivity index (χ2v) is 6.30. The fourth-order valence-electron chi connectivity index (χ4n) is 2.40. The van der Waals surface area contributed by atoms with E-state index in [2.05, 4.69) is 5.32 Å². The maximum absolute atomic E-state index is 12.5. The highest BCUT2D eigenvalue weighted by molar-refractivity contribution is 7.08. The molecule has 0 aliphatic rings. The molecule has 2 rings (SSSR count). The molecule has 2 N–H and O–H groups in total. The Morgan fingerprint density at radius 2 is 2.09 bits per heavy atom. The molecule has 0 bridgehead atoms. The summed E-state index contributed by atoms with van der Waals surface area (Å²) in [5.74, 6) is -0.659. The van der Waals surface area contributed by atoms with E-state index in [1.165, 1.54) is 11.3 Å². The number of carbonyl (C=O) groups excluding carboxylic acids is 1. The minimum Gasteiger partial charge on any atom is -0.497 e. The minimum atomic E-state index is -1.04. The molecule has 23 heavy (non-hydrogen) atoms. The third-order valence-electron chi connectivity index (χ3n) is 3.70. The molecule has 122 valence electrons. The van der Waals surface area contributed by atoms with E-state index in [-0.39, 0.29) is 12.3 Å². The van der Waals surface area contributed by atoms with Crippen LogP contribution in [-0.4, -0.2) is 24.1 Å². The number of rotatable bonds is 6. The standard InChI is InChI=1S/C17H19NO4S/c1-11-9-23-10-14(11)16(21)18-17(2,8-15(19)20)12-5-4-6-13(7-12)22-3/h4-7,9-10H,8H2,1-3H3,(H,18,21)(H,19,20). The summed E-state index contributed by atoms with van der Waals surface area (Å²) in [7, 11) is 1.54. The van der Waals surface area contributed by atoms with Crippen molar-refractivity contribution in [3.63, 3.8) is 0 Å². The Kier molecular flexibility index (Phi) is 5.05. The number of aryl methyl sites for hydroxylation is 1. The molecule has 6 heteroatoms. The minimum absolute atomic E-state index is 0.227. The monoisotopic (exact) mass is 333 g/mol. The molecule has 1 unspecified atom stereocenters. The molecule has 0 saturated heterocycles. The van der Waals surface area contributed by atoms with Crippen molar-refractivity contribution in [1.82, 2.24) is 5.32 Å². The smallest absolute Gasteiger partial charge is 0.306 e. The van der Waals surface area contributed by atoms with Gasteiger partial charge in [0.2, 0.25) is 0 Å². The Morgan fingerprint density at radius 1 is 1.35 bits per heavy atom. The summed E-state index contributed by atoms with van der Waals surface area (Å²) >= 11 is 1.44. The lowest BCUT2D eigenvalue weighted by molar-refractivity contribution is -0.138. The maximum Gasteiger partial charge on any atom is 0.306 e.